The summed E-state index contributed by atoms with van der Waals surface area (Å²) >= 11 is 5.89. The number of benzene rings is 1. The van der Waals surface area contributed by atoms with Gasteiger partial charge in [-0.25, -0.2) is 0 Å². The average Bonchev–Trinajstić information content (AvgIpc) is 3.16. The van der Waals surface area contributed by atoms with Crippen molar-refractivity contribution in [2.45, 2.75) is 25.8 Å². The first-order valence-corrected chi connectivity index (χ1v) is 6.90. The van der Waals surface area contributed by atoms with Gasteiger partial charge in [0.2, 0.25) is 5.91 Å². The van der Waals surface area contributed by atoms with Gasteiger partial charge in [-0.1, -0.05) is 11.6 Å². The molecule has 0 heterocycles. The molecule has 0 saturated heterocycles. The second-order valence-corrected chi connectivity index (χ2v) is 5.71. The Labute approximate surface area is 118 Å². The fourth-order valence-electron chi connectivity index (χ4n) is 2.14. The lowest BCUT2D eigenvalue weighted by Crippen LogP contribution is -2.37. The molecule has 0 radical (unpaired) electrons. The maximum absolute atomic E-state index is 12.0. The monoisotopic (exact) mass is 281 g/mol. The Morgan fingerprint density at radius 2 is 2.26 bits per heavy atom. The standard InChI is InChI=1S/C14H20ClN3O/c1-9(10-3-4-10)18(2)8-14(19)17-13-7-11(15)5-6-12(13)16/h5-7,9-10H,3-4,8,16H2,1-2H3,(H,17,19). The maximum Gasteiger partial charge on any atom is 0.238 e. The predicted octanol–water partition coefficient (Wildman–Crippen LogP) is 2.59. The van der Waals surface area contributed by atoms with E-state index in [-0.39, 0.29) is 5.91 Å². The summed E-state index contributed by atoms with van der Waals surface area (Å²) in [5.74, 6) is 0.679. The molecule has 3 N–H and O–H groups in total. The van der Waals surface area contributed by atoms with Crippen LogP contribution in [0.25, 0.3) is 0 Å². The summed E-state index contributed by atoms with van der Waals surface area (Å²) in [5.41, 5.74) is 6.90. The van der Waals surface area contributed by atoms with Gasteiger partial charge in [0.1, 0.15) is 0 Å². The van der Waals surface area contributed by atoms with Crippen molar-refractivity contribution >= 4 is 28.9 Å². The van der Waals surface area contributed by atoms with Gasteiger partial charge in [-0.05, 0) is 50.9 Å². The summed E-state index contributed by atoms with van der Waals surface area (Å²) in [5, 5.41) is 3.37. The molecule has 0 bridgehead atoms. The van der Waals surface area contributed by atoms with Crippen molar-refractivity contribution in [2.24, 2.45) is 5.92 Å². The van der Waals surface area contributed by atoms with E-state index in [4.69, 9.17) is 17.3 Å². The lowest BCUT2D eigenvalue weighted by atomic mass is 10.2. The van der Waals surface area contributed by atoms with Crippen LogP contribution in [0.1, 0.15) is 19.8 Å². The molecule has 2 rings (SSSR count). The first kappa shape index (κ1) is 14.2. The second-order valence-electron chi connectivity index (χ2n) is 5.27. The zero-order chi connectivity index (χ0) is 14.0. The van der Waals surface area contributed by atoms with Crippen LogP contribution in [0.2, 0.25) is 5.02 Å². The third-order valence-corrected chi connectivity index (χ3v) is 3.92. The molecule has 5 heteroatoms. The molecule has 0 aromatic heterocycles. The number of carbonyl (C=O) groups is 1. The molecule has 1 fully saturated rings. The molecule has 0 aliphatic heterocycles. The number of carbonyl (C=O) groups excluding carboxylic acids is 1. The smallest absolute Gasteiger partial charge is 0.238 e. The number of likely N-dealkylation sites (N-methyl/N-ethyl adjacent to an activating group) is 1. The molecular formula is C14H20ClN3O. The van der Waals surface area contributed by atoms with Crippen molar-refractivity contribution in [2.75, 3.05) is 24.6 Å². The summed E-state index contributed by atoms with van der Waals surface area (Å²) in [6.07, 6.45) is 2.54. The van der Waals surface area contributed by atoms with E-state index in [1.54, 1.807) is 18.2 Å². The van der Waals surface area contributed by atoms with Crippen molar-refractivity contribution in [3.05, 3.63) is 23.2 Å². The Bertz CT molecular complexity index is 474. The van der Waals surface area contributed by atoms with E-state index in [1.807, 2.05) is 7.05 Å². The topological polar surface area (TPSA) is 58.4 Å². The molecule has 4 nitrogen and oxygen atoms in total. The summed E-state index contributed by atoms with van der Waals surface area (Å²) in [6.45, 7) is 2.53. The molecule has 1 amide bonds. The maximum atomic E-state index is 12.0. The van der Waals surface area contributed by atoms with Crippen molar-refractivity contribution < 1.29 is 4.79 Å². The number of hydrogen-bond donors (Lipinski definition) is 2. The molecular weight excluding hydrogens is 262 g/mol. The van der Waals surface area contributed by atoms with Crippen LogP contribution >= 0.6 is 11.6 Å². The van der Waals surface area contributed by atoms with Crippen LogP contribution < -0.4 is 11.1 Å². The average molecular weight is 282 g/mol. The minimum absolute atomic E-state index is 0.0658. The molecule has 1 saturated carbocycles. The molecule has 19 heavy (non-hydrogen) atoms. The van der Waals surface area contributed by atoms with Crippen molar-refractivity contribution in [1.29, 1.82) is 0 Å². The minimum Gasteiger partial charge on any atom is -0.397 e. The van der Waals surface area contributed by atoms with E-state index in [9.17, 15) is 4.79 Å². The van der Waals surface area contributed by atoms with E-state index in [1.165, 1.54) is 12.8 Å². The van der Waals surface area contributed by atoms with Crippen LogP contribution in [0, 0.1) is 5.92 Å². The highest BCUT2D eigenvalue weighted by Gasteiger charge is 2.30. The van der Waals surface area contributed by atoms with E-state index in [0.717, 1.165) is 5.92 Å². The van der Waals surface area contributed by atoms with Gasteiger partial charge in [0.05, 0.1) is 17.9 Å². The Balaban J connectivity index is 1.91. The van der Waals surface area contributed by atoms with E-state index in [2.05, 4.69) is 17.1 Å². The summed E-state index contributed by atoms with van der Waals surface area (Å²) in [7, 11) is 1.98. The Kier molecular flexibility index (Phi) is 4.32. The fourth-order valence-corrected chi connectivity index (χ4v) is 2.31. The lowest BCUT2D eigenvalue weighted by molar-refractivity contribution is -0.117. The second kappa shape index (κ2) is 5.80. The van der Waals surface area contributed by atoms with Crippen molar-refractivity contribution in [1.82, 2.24) is 4.90 Å². The van der Waals surface area contributed by atoms with Crippen molar-refractivity contribution in [3.63, 3.8) is 0 Å². The number of nitrogen functional groups attached to an aromatic ring is 1. The van der Waals surface area contributed by atoms with Gasteiger partial charge in [0.25, 0.3) is 0 Å². The molecule has 1 aromatic rings. The van der Waals surface area contributed by atoms with Gasteiger partial charge >= 0.3 is 0 Å². The molecule has 1 aliphatic carbocycles. The van der Waals surface area contributed by atoms with E-state index in [0.29, 0.717) is 29.0 Å². The highest BCUT2D eigenvalue weighted by molar-refractivity contribution is 6.31. The van der Waals surface area contributed by atoms with Gasteiger partial charge < -0.3 is 11.1 Å². The van der Waals surface area contributed by atoms with Gasteiger partial charge in [0, 0.05) is 11.1 Å². The van der Waals surface area contributed by atoms with Crippen LogP contribution in [0.4, 0.5) is 11.4 Å². The number of rotatable bonds is 5. The predicted molar refractivity (Wildman–Crippen MR) is 79.3 cm³/mol. The van der Waals surface area contributed by atoms with E-state index >= 15 is 0 Å². The fraction of sp³-hybridized carbons (Fsp3) is 0.500. The number of nitrogens with zero attached hydrogens (tertiary/aromatic N) is 1. The van der Waals surface area contributed by atoms with Crippen LogP contribution in [0.15, 0.2) is 18.2 Å². The first-order chi connectivity index (χ1) is 8.97. The Hall–Kier alpha value is -1.26. The largest absolute Gasteiger partial charge is 0.397 e. The highest BCUT2D eigenvalue weighted by atomic mass is 35.5. The third-order valence-electron chi connectivity index (χ3n) is 3.68. The molecule has 1 aliphatic rings. The minimum atomic E-state index is -0.0658. The van der Waals surface area contributed by atoms with Crippen LogP contribution in [-0.2, 0) is 4.79 Å². The summed E-state index contributed by atoms with van der Waals surface area (Å²) in [4.78, 5) is 14.1. The molecule has 1 atom stereocenters. The number of nitrogens with two attached hydrogens (primary N) is 1. The summed E-state index contributed by atoms with van der Waals surface area (Å²) in [6, 6.07) is 5.50. The quantitative estimate of drug-likeness (QED) is 0.816. The third kappa shape index (κ3) is 3.85. The number of halogens is 1. The number of amides is 1. The molecule has 0 spiro atoms. The number of hydrogen-bond acceptors (Lipinski definition) is 3. The van der Waals surface area contributed by atoms with Crippen LogP contribution in [-0.4, -0.2) is 30.4 Å². The first-order valence-electron chi connectivity index (χ1n) is 6.52. The summed E-state index contributed by atoms with van der Waals surface area (Å²) < 4.78 is 0. The van der Waals surface area contributed by atoms with Crippen LogP contribution in [0.3, 0.4) is 0 Å². The van der Waals surface area contributed by atoms with Crippen LogP contribution in [0.5, 0.6) is 0 Å². The molecule has 1 unspecified atom stereocenters. The van der Waals surface area contributed by atoms with Crippen molar-refractivity contribution in [3.8, 4) is 0 Å². The highest BCUT2D eigenvalue weighted by Crippen LogP contribution is 2.34. The number of nitrogens with one attached hydrogen (secondary N) is 1. The van der Waals surface area contributed by atoms with Gasteiger partial charge in [-0.3, -0.25) is 9.69 Å². The lowest BCUT2D eigenvalue weighted by Gasteiger charge is -2.24. The zero-order valence-corrected chi connectivity index (χ0v) is 12.1. The van der Waals surface area contributed by atoms with E-state index < -0.39 is 0 Å². The van der Waals surface area contributed by atoms with Gasteiger partial charge in [-0.2, -0.15) is 0 Å². The molecule has 104 valence electrons. The number of anilines is 2. The molecule has 1 aromatic carbocycles. The normalized spacial score (nSPS) is 16.4. The SMILES string of the molecule is CC(C1CC1)N(C)CC(=O)Nc1cc(Cl)ccc1N. The van der Waals surface area contributed by atoms with Gasteiger partial charge in [0.15, 0.2) is 0 Å². The zero-order valence-electron chi connectivity index (χ0n) is 11.3. The van der Waals surface area contributed by atoms with Gasteiger partial charge in [-0.15, -0.1) is 0 Å². The Morgan fingerprint density at radius 1 is 1.58 bits per heavy atom. The Morgan fingerprint density at radius 3 is 2.89 bits per heavy atom.